The van der Waals surface area contributed by atoms with Crippen molar-refractivity contribution in [3.05, 3.63) is 0 Å². The zero-order chi connectivity index (χ0) is 12.3. The van der Waals surface area contributed by atoms with Crippen LogP contribution in [0.3, 0.4) is 0 Å². The maximum Gasteiger partial charge on any atom is 0.211 e. The van der Waals surface area contributed by atoms with Crippen LogP contribution >= 0.6 is 0 Å². The molecule has 1 atom stereocenters. The minimum absolute atomic E-state index is 0.110. The third-order valence-electron chi connectivity index (χ3n) is 3.63. The largest absolute Gasteiger partial charge is 0.316 e. The van der Waals surface area contributed by atoms with Gasteiger partial charge in [0.1, 0.15) is 0 Å². The lowest BCUT2D eigenvalue weighted by Crippen LogP contribution is -2.48. The van der Waals surface area contributed by atoms with Gasteiger partial charge >= 0.3 is 0 Å². The molecule has 2 rings (SSSR count). The average molecular weight is 261 g/mol. The highest BCUT2D eigenvalue weighted by molar-refractivity contribution is 7.89. The molecule has 2 aliphatic heterocycles. The molecule has 2 N–H and O–H groups in total. The van der Waals surface area contributed by atoms with Crippen LogP contribution in [0.4, 0.5) is 0 Å². The molecule has 0 aromatic heterocycles. The number of sulfonamides is 1. The molecule has 6 heteroatoms. The summed E-state index contributed by atoms with van der Waals surface area (Å²) in [6.07, 6.45) is 2.83. The number of hydrogen-bond donors (Lipinski definition) is 2. The van der Waals surface area contributed by atoms with E-state index >= 15 is 0 Å². The first kappa shape index (κ1) is 13.3. The SMILES string of the molecule is CN1CCCC(NS(=O)(=O)CCC2CNC2)C1. The van der Waals surface area contributed by atoms with Gasteiger partial charge in [0.25, 0.3) is 0 Å². The number of nitrogens with zero attached hydrogens (tertiary/aromatic N) is 1. The monoisotopic (exact) mass is 261 g/mol. The first-order valence-corrected chi connectivity index (χ1v) is 8.10. The van der Waals surface area contributed by atoms with Crippen LogP contribution in [-0.2, 0) is 10.0 Å². The van der Waals surface area contributed by atoms with Crippen molar-refractivity contribution < 1.29 is 8.42 Å². The molecule has 0 bridgehead atoms. The Bertz CT molecular complexity index is 341. The van der Waals surface area contributed by atoms with Crippen molar-refractivity contribution in [3.63, 3.8) is 0 Å². The molecule has 17 heavy (non-hydrogen) atoms. The summed E-state index contributed by atoms with van der Waals surface area (Å²) in [7, 11) is -1.04. The predicted octanol–water partition coefficient (Wildman–Crippen LogP) is -0.390. The minimum Gasteiger partial charge on any atom is -0.316 e. The Balaban J connectivity index is 1.75. The Labute approximate surface area is 104 Å². The molecule has 0 radical (unpaired) electrons. The van der Waals surface area contributed by atoms with Gasteiger partial charge in [-0.3, -0.25) is 0 Å². The van der Waals surface area contributed by atoms with Crippen molar-refractivity contribution in [1.82, 2.24) is 14.9 Å². The van der Waals surface area contributed by atoms with Gasteiger partial charge < -0.3 is 10.2 Å². The van der Waals surface area contributed by atoms with Crippen LogP contribution in [0, 0.1) is 5.92 Å². The number of hydrogen-bond acceptors (Lipinski definition) is 4. The minimum atomic E-state index is -3.08. The highest BCUT2D eigenvalue weighted by Gasteiger charge is 2.24. The predicted molar refractivity (Wildman–Crippen MR) is 68.4 cm³/mol. The fraction of sp³-hybridized carbons (Fsp3) is 1.00. The van der Waals surface area contributed by atoms with Crippen LogP contribution in [0.1, 0.15) is 19.3 Å². The van der Waals surface area contributed by atoms with Crippen molar-refractivity contribution >= 4 is 10.0 Å². The van der Waals surface area contributed by atoms with Gasteiger partial charge in [-0.2, -0.15) is 0 Å². The molecular weight excluding hydrogens is 238 g/mol. The smallest absolute Gasteiger partial charge is 0.211 e. The van der Waals surface area contributed by atoms with E-state index in [1.165, 1.54) is 0 Å². The van der Waals surface area contributed by atoms with Crippen molar-refractivity contribution in [1.29, 1.82) is 0 Å². The Hall–Kier alpha value is -0.170. The Morgan fingerprint density at radius 3 is 2.76 bits per heavy atom. The van der Waals surface area contributed by atoms with E-state index in [0.29, 0.717) is 5.92 Å². The maximum absolute atomic E-state index is 11.9. The van der Waals surface area contributed by atoms with Crippen LogP contribution in [0.2, 0.25) is 0 Å². The summed E-state index contributed by atoms with van der Waals surface area (Å²) in [6, 6.07) is 0.110. The molecular formula is C11H23N3O2S. The highest BCUT2D eigenvalue weighted by Crippen LogP contribution is 2.12. The second kappa shape index (κ2) is 5.65. The van der Waals surface area contributed by atoms with E-state index in [0.717, 1.165) is 45.4 Å². The topological polar surface area (TPSA) is 61.4 Å². The lowest BCUT2D eigenvalue weighted by Gasteiger charge is -2.31. The van der Waals surface area contributed by atoms with E-state index in [1.54, 1.807) is 0 Å². The quantitative estimate of drug-likeness (QED) is 0.707. The molecule has 2 saturated heterocycles. The summed E-state index contributed by atoms with van der Waals surface area (Å²) in [5.41, 5.74) is 0. The molecule has 0 spiro atoms. The van der Waals surface area contributed by atoms with Crippen molar-refractivity contribution in [2.45, 2.75) is 25.3 Å². The summed E-state index contributed by atoms with van der Waals surface area (Å²) in [5.74, 6) is 0.833. The molecule has 1 unspecified atom stereocenters. The third-order valence-corrected chi connectivity index (χ3v) is 5.10. The van der Waals surface area contributed by atoms with Gasteiger partial charge in [0.2, 0.25) is 10.0 Å². The lowest BCUT2D eigenvalue weighted by atomic mass is 10.0. The molecule has 2 fully saturated rings. The fourth-order valence-corrected chi connectivity index (χ4v) is 3.91. The summed E-state index contributed by atoms with van der Waals surface area (Å²) in [4.78, 5) is 2.19. The van der Waals surface area contributed by atoms with Crippen molar-refractivity contribution in [2.24, 2.45) is 5.92 Å². The average Bonchev–Trinajstić information content (AvgIpc) is 2.13. The molecule has 0 amide bonds. The van der Waals surface area contributed by atoms with Crippen LogP contribution in [0.25, 0.3) is 0 Å². The van der Waals surface area contributed by atoms with E-state index < -0.39 is 10.0 Å². The summed E-state index contributed by atoms with van der Waals surface area (Å²) < 4.78 is 26.6. The summed E-state index contributed by atoms with van der Waals surface area (Å²) in [5, 5.41) is 3.16. The molecule has 2 heterocycles. The van der Waals surface area contributed by atoms with E-state index in [-0.39, 0.29) is 11.8 Å². The number of piperidine rings is 1. The molecule has 0 aromatic carbocycles. The van der Waals surface area contributed by atoms with Crippen LogP contribution in [-0.4, -0.2) is 58.3 Å². The normalized spacial score (nSPS) is 27.9. The first-order chi connectivity index (χ1) is 8.05. The van der Waals surface area contributed by atoms with E-state index in [2.05, 4.69) is 14.9 Å². The second-order valence-corrected chi connectivity index (χ2v) is 7.22. The molecule has 2 aliphatic rings. The molecule has 0 saturated carbocycles. The van der Waals surface area contributed by atoms with Crippen LogP contribution < -0.4 is 10.0 Å². The lowest BCUT2D eigenvalue weighted by molar-refractivity contribution is 0.242. The van der Waals surface area contributed by atoms with Gasteiger partial charge in [-0.15, -0.1) is 0 Å². The van der Waals surface area contributed by atoms with Crippen LogP contribution in [0.5, 0.6) is 0 Å². The molecule has 0 aliphatic carbocycles. The zero-order valence-corrected chi connectivity index (χ0v) is 11.3. The van der Waals surface area contributed by atoms with Crippen molar-refractivity contribution in [2.75, 3.05) is 39.0 Å². The second-order valence-electron chi connectivity index (χ2n) is 5.35. The zero-order valence-electron chi connectivity index (χ0n) is 10.5. The van der Waals surface area contributed by atoms with Gasteiger partial charge in [-0.1, -0.05) is 0 Å². The summed E-state index contributed by atoms with van der Waals surface area (Å²) >= 11 is 0. The van der Waals surface area contributed by atoms with Gasteiger partial charge in [0.15, 0.2) is 0 Å². The van der Waals surface area contributed by atoms with E-state index in [1.807, 2.05) is 7.05 Å². The van der Waals surface area contributed by atoms with Gasteiger partial charge in [0, 0.05) is 12.6 Å². The van der Waals surface area contributed by atoms with E-state index in [4.69, 9.17) is 0 Å². The fourth-order valence-electron chi connectivity index (χ4n) is 2.45. The number of nitrogens with one attached hydrogen (secondary N) is 2. The van der Waals surface area contributed by atoms with Crippen LogP contribution in [0.15, 0.2) is 0 Å². The number of likely N-dealkylation sites (tertiary alicyclic amines) is 1. The van der Waals surface area contributed by atoms with Gasteiger partial charge in [-0.05, 0) is 51.9 Å². The standard InChI is InChI=1S/C11H23N3O2S/c1-14-5-2-3-11(9-14)13-17(15,16)6-4-10-7-12-8-10/h10-13H,2-9H2,1H3. The Kier molecular flexibility index (Phi) is 4.41. The molecule has 5 nitrogen and oxygen atoms in total. The Morgan fingerprint density at radius 2 is 2.18 bits per heavy atom. The third kappa shape index (κ3) is 4.21. The molecule has 0 aromatic rings. The van der Waals surface area contributed by atoms with E-state index in [9.17, 15) is 8.42 Å². The highest BCUT2D eigenvalue weighted by atomic mass is 32.2. The summed E-state index contributed by atoms with van der Waals surface area (Å²) in [6.45, 7) is 3.86. The maximum atomic E-state index is 11.9. The number of likely N-dealkylation sites (N-methyl/N-ethyl adjacent to an activating group) is 1. The number of rotatable bonds is 5. The van der Waals surface area contributed by atoms with Gasteiger partial charge in [0.05, 0.1) is 5.75 Å². The first-order valence-electron chi connectivity index (χ1n) is 6.44. The Morgan fingerprint density at radius 1 is 1.41 bits per heavy atom. The van der Waals surface area contributed by atoms with Crippen molar-refractivity contribution in [3.8, 4) is 0 Å². The van der Waals surface area contributed by atoms with Gasteiger partial charge in [-0.25, -0.2) is 13.1 Å². The molecule has 100 valence electrons.